The summed E-state index contributed by atoms with van der Waals surface area (Å²) < 4.78 is 5.40. The van der Waals surface area contributed by atoms with Crippen molar-refractivity contribution < 1.29 is 9.84 Å². The zero-order valence-electron chi connectivity index (χ0n) is 7.78. The van der Waals surface area contributed by atoms with Crippen LogP contribution in [0.4, 0.5) is 5.13 Å². The summed E-state index contributed by atoms with van der Waals surface area (Å²) in [6.45, 7) is 4.42. The van der Waals surface area contributed by atoms with Crippen LogP contribution in [-0.2, 0) is 0 Å². The van der Waals surface area contributed by atoms with E-state index in [0.717, 1.165) is 0 Å². The van der Waals surface area contributed by atoms with E-state index >= 15 is 0 Å². The van der Waals surface area contributed by atoms with Gasteiger partial charge in [-0.2, -0.15) is 0 Å². The first-order chi connectivity index (χ1) is 6.03. The quantitative estimate of drug-likeness (QED) is 0.767. The zero-order valence-corrected chi connectivity index (χ0v) is 8.60. The molecule has 0 radical (unpaired) electrons. The maximum absolute atomic E-state index is 8.96. The van der Waals surface area contributed by atoms with Gasteiger partial charge in [-0.15, -0.1) is 0 Å². The van der Waals surface area contributed by atoms with Gasteiger partial charge < -0.3 is 15.6 Å². The fourth-order valence-corrected chi connectivity index (χ4v) is 1.19. The molecule has 0 aliphatic carbocycles. The highest BCUT2D eigenvalue weighted by Crippen LogP contribution is 2.25. The molecule has 0 bridgehead atoms. The largest absolute Gasteiger partial charge is 0.482 e. The van der Waals surface area contributed by atoms with E-state index in [1.807, 2.05) is 13.8 Å². The molecule has 0 atom stereocenters. The van der Waals surface area contributed by atoms with Crippen molar-refractivity contribution in [1.82, 2.24) is 4.98 Å². The SMILES string of the molecule is CC(C)(CO)COc1cnc(N)s1. The van der Waals surface area contributed by atoms with Crippen molar-refractivity contribution in [3.63, 3.8) is 0 Å². The summed E-state index contributed by atoms with van der Waals surface area (Å²) in [7, 11) is 0. The van der Waals surface area contributed by atoms with Gasteiger partial charge in [0.25, 0.3) is 0 Å². The maximum Gasteiger partial charge on any atom is 0.195 e. The van der Waals surface area contributed by atoms with Gasteiger partial charge in [-0.05, 0) is 0 Å². The molecule has 0 unspecified atom stereocenters. The molecule has 0 saturated carbocycles. The van der Waals surface area contributed by atoms with Crippen molar-refractivity contribution >= 4 is 16.5 Å². The van der Waals surface area contributed by atoms with E-state index in [9.17, 15) is 0 Å². The van der Waals surface area contributed by atoms with E-state index in [0.29, 0.717) is 16.8 Å². The second-order valence-electron chi connectivity index (χ2n) is 3.63. The Morgan fingerprint density at radius 3 is 2.85 bits per heavy atom. The molecule has 0 spiro atoms. The van der Waals surface area contributed by atoms with E-state index < -0.39 is 0 Å². The zero-order chi connectivity index (χ0) is 9.90. The fourth-order valence-electron chi connectivity index (χ4n) is 0.651. The van der Waals surface area contributed by atoms with Crippen LogP contribution in [0.25, 0.3) is 0 Å². The summed E-state index contributed by atoms with van der Waals surface area (Å²) in [5.74, 6) is 0. The Hall–Kier alpha value is -0.810. The van der Waals surface area contributed by atoms with Crippen molar-refractivity contribution in [2.24, 2.45) is 5.41 Å². The summed E-state index contributed by atoms with van der Waals surface area (Å²) in [5, 5.41) is 10.2. The maximum atomic E-state index is 8.96. The second-order valence-corrected chi connectivity index (χ2v) is 4.65. The monoisotopic (exact) mass is 202 g/mol. The molecule has 0 saturated heterocycles. The molecular formula is C8H14N2O2S. The molecule has 13 heavy (non-hydrogen) atoms. The molecule has 1 rings (SSSR count). The predicted molar refractivity (Wildman–Crippen MR) is 52.9 cm³/mol. The fraction of sp³-hybridized carbons (Fsp3) is 0.625. The summed E-state index contributed by atoms with van der Waals surface area (Å²) in [4.78, 5) is 3.85. The number of aliphatic hydroxyl groups excluding tert-OH is 1. The van der Waals surface area contributed by atoms with E-state index in [1.54, 1.807) is 6.20 Å². The van der Waals surface area contributed by atoms with Crippen LogP contribution in [0.2, 0.25) is 0 Å². The van der Waals surface area contributed by atoms with Gasteiger partial charge in [-0.1, -0.05) is 25.2 Å². The van der Waals surface area contributed by atoms with E-state index in [1.165, 1.54) is 11.3 Å². The highest BCUT2D eigenvalue weighted by Gasteiger charge is 2.17. The van der Waals surface area contributed by atoms with E-state index in [4.69, 9.17) is 15.6 Å². The van der Waals surface area contributed by atoms with Crippen molar-refractivity contribution in [3.8, 4) is 5.06 Å². The van der Waals surface area contributed by atoms with Crippen LogP contribution < -0.4 is 10.5 Å². The molecule has 3 N–H and O–H groups in total. The number of nitrogen functional groups attached to an aromatic ring is 1. The Balaban J connectivity index is 2.43. The number of nitrogens with zero attached hydrogens (tertiary/aromatic N) is 1. The van der Waals surface area contributed by atoms with Crippen molar-refractivity contribution in [1.29, 1.82) is 0 Å². The van der Waals surface area contributed by atoms with Gasteiger partial charge in [0, 0.05) is 5.41 Å². The molecule has 4 nitrogen and oxygen atoms in total. The highest BCUT2D eigenvalue weighted by atomic mass is 32.1. The summed E-state index contributed by atoms with van der Waals surface area (Å²) in [6.07, 6.45) is 1.59. The minimum Gasteiger partial charge on any atom is -0.482 e. The van der Waals surface area contributed by atoms with Gasteiger partial charge in [0.1, 0.15) is 0 Å². The molecule has 0 fully saturated rings. The molecule has 5 heteroatoms. The first-order valence-electron chi connectivity index (χ1n) is 3.98. The standard InChI is InChI=1S/C8H14N2O2S/c1-8(2,4-11)5-12-6-3-10-7(9)13-6/h3,11H,4-5H2,1-2H3,(H2,9,10). The predicted octanol–water partition coefficient (Wildman–Crippen LogP) is 1.12. The number of hydrogen-bond acceptors (Lipinski definition) is 5. The van der Waals surface area contributed by atoms with Gasteiger partial charge in [-0.3, -0.25) is 0 Å². The minimum absolute atomic E-state index is 0.0985. The Morgan fingerprint density at radius 2 is 2.38 bits per heavy atom. The van der Waals surface area contributed by atoms with Gasteiger partial charge in [0.15, 0.2) is 10.2 Å². The van der Waals surface area contributed by atoms with Crippen molar-refractivity contribution in [3.05, 3.63) is 6.20 Å². The van der Waals surface area contributed by atoms with Crippen LogP contribution in [0.3, 0.4) is 0 Å². The Kier molecular flexibility index (Phi) is 3.11. The molecule has 1 aromatic heterocycles. The molecule has 0 aromatic carbocycles. The Labute approximate surface area is 81.4 Å². The Bertz CT molecular complexity index is 273. The lowest BCUT2D eigenvalue weighted by atomic mass is 9.97. The molecule has 0 amide bonds. The lowest BCUT2D eigenvalue weighted by molar-refractivity contribution is 0.0994. The topological polar surface area (TPSA) is 68.4 Å². The molecule has 74 valence electrons. The molecule has 1 heterocycles. The third kappa shape index (κ3) is 3.20. The van der Waals surface area contributed by atoms with Crippen LogP contribution in [-0.4, -0.2) is 23.3 Å². The minimum atomic E-state index is -0.223. The van der Waals surface area contributed by atoms with E-state index in [-0.39, 0.29) is 12.0 Å². The third-order valence-electron chi connectivity index (χ3n) is 1.54. The summed E-state index contributed by atoms with van der Waals surface area (Å²) in [6, 6.07) is 0. The van der Waals surface area contributed by atoms with Crippen LogP contribution >= 0.6 is 11.3 Å². The average Bonchev–Trinajstić information content (AvgIpc) is 2.48. The van der Waals surface area contributed by atoms with Crippen LogP contribution in [0, 0.1) is 5.41 Å². The van der Waals surface area contributed by atoms with Gasteiger partial charge >= 0.3 is 0 Å². The van der Waals surface area contributed by atoms with Crippen molar-refractivity contribution in [2.45, 2.75) is 13.8 Å². The lowest BCUT2D eigenvalue weighted by Gasteiger charge is -2.20. The second kappa shape index (κ2) is 3.93. The number of hydrogen-bond donors (Lipinski definition) is 2. The van der Waals surface area contributed by atoms with E-state index in [2.05, 4.69) is 4.98 Å². The van der Waals surface area contributed by atoms with Gasteiger partial charge in [-0.25, -0.2) is 4.98 Å². The third-order valence-corrected chi connectivity index (χ3v) is 2.27. The average molecular weight is 202 g/mol. The van der Waals surface area contributed by atoms with Crippen LogP contribution in [0.15, 0.2) is 6.20 Å². The lowest BCUT2D eigenvalue weighted by Crippen LogP contribution is -2.25. The first-order valence-corrected chi connectivity index (χ1v) is 4.80. The molecule has 0 aliphatic heterocycles. The number of aliphatic hydroxyl groups is 1. The smallest absolute Gasteiger partial charge is 0.195 e. The normalized spacial score (nSPS) is 11.6. The van der Waals surface area contributed by atoms with Crippen molar-refractivity contribution in [2.75, 3.05) is 18.9 Å². The first kappa shape index (κ1) is 10.3. The Morgan fingerprint density at radius 1 is 1.69 bits per heavy atom. The highest BCUT2D eigenvalue weighted by molar-refractivity contribution is 7.17. The number of nitrogens with two attached hydrogens (primary N) is 1. The molecule has 0 aliphatic rings. The van der Waals surface area contributed by atoms with Crippen LogP contribution in [0.1, 0.15) is 13.8 Å². The van der Waals surface area contributed by atoms with Gasteiger partial charge in [0.05, 0.1) is 19.4 Å². The van der Waals surface area contributed by atoms with Gasteiger partial charge in [0.2, 0.25) is 0 Å². The number of ether oxygens (including phenoxy) is 1. The van der Waals surface area contributed by atoms with Crippen LogP contribution in [0.5, 0.6) is 5.06 Å². The number of thiazole rings is 1. The summed E-state index contributed by atoms with van der Waals surface area (Å²) in [5.41, 5.74) is 5.20. The molecular weight excluding hydrogens is 188 g/mol. The number of aromatic nitrogens is 1. The number of anilines is 1. The number of rotatable bonds is 4. The molecule has 1 aromatic rings. The summed E-state index contributed by atoms with van der Waals surface area (Å²) >= 11 is 1.30.